The predicted molar refractivity (Wildman–Crippen MR) is 109 cm³/mol. The van der Waals surface area contributed by atoms with Crippen molar-refractivity contribution in [2.24, 2.45) is 11.5 Å². The average molecular weight is 407 g/mol. The molecule has 1 atom stereocenters. The Hall–Kier alpha value is -2.67. The number of aromatic nitrogens is 2. The van der Waals surface area contributed by atoms with E-state index in [4.69, 9.17) is 11.5 Å². The van der Waals surface area contributed by atoms with Crippen LogP contribution in [-0.4, -0.2) is 28.9 Å². The van der Waals surface area contributed by atoms with Gasteiger partial charge in [-0.1, -0.05) is 48.5 Å². The van der Waals surface area contributed by atoms with E-state index in [9.17, 15) is 9.59 Å². The van der Waals surface area contributed by atoms with Gasteiger partial charge in [0, 0.05) is 23.9 Å². The van der Waals surface area contributed by atoms with Crippen molar-refractivity contribution in [3.63, 3.8) is 0 Å². The Balaban J connectivity index is 0.00000182. The molecule has 0 saturated carbocycles. The van der Waals surface area contributed by atoms with Gasteiger partial charge in [0.2, 0.25) is 5.91 Å². The van der Waals surface area contributed by atoms with Gasteiger partial charge in [0.25, 0.3) is 0 Å². The summed E-state index contributed by atoms with van der Waals surface area (Å²) in [6.45, 7) is 0.0217. The molecule has 0 bridgehead atoms. The van der Waals surface area contributed by atoms with E-state index in [0.29, 0.717) is 16.7 Å². The normalized spacial score (nSPS) is 12.2. The van der Waals surface area contributed by atoms with Gasteiger partial charge >= 0.3 is 0 Å². The van der Waals surface area contributed by atoms with Crippen molar-refractivity contribution in [3.05, 3.63) is 77.6 Å². The minimum atomic E-state index is -1.16. The Morgan fingerprint density at radius 3 is 1.96 bits per heavy atom. The van der Waals surface area contributed by atoms with E-state index in [0.717, 1.165) is 17.4 Å². The molecule has 3 aromatic rings. The van der Waals surface area contributed by atoms with Crippen LogP contribution in [0.3, 0.4) is 0 Å². The first-order valence-corrected chi connectivity index (χ1v) is 7.77. The number of nitrogens with two attached hydrogens (primary N) is 2. The first-order chi connectivity index (χ1) is 12.1. The summed E-state index contributed by atoms with van der Waals surface area (Å²) in [6, 6.07) is 14.2. The maximum atomic E-state index is 12.4. The monoisotopic (exact) mass is 406 g/mol. The number of halogens is 2. The van der Waals surface area contributed by atoms with Crippen LogP contribution >= 0.6 is 24.8 Å². The summed E-state index contributed by atoms with van der Waals surface area (Å²) in [7, 11) is 0. The van der Waals surface area contributed by atoms with Crippen LogP contribution in [0.5, 0.6) is 0 Å². The number of rotatable bonds is 6. The molecular formula is C19H20Cl2N4O2. The fourth-order valence-corrected chi connectivity index (χ4v) is 2.99. The summed E-state index contributed by atoms with van der Waals surface area (Å²) in [5.41, 5.74) is 14.4. The van der Waals surface area contributed by atoms with Gasteiger partial charge in [-0.2, -0.15) is 5.10 Å². The predicted octanol–water partition coefficient (Wildman–Crippen LogP) is 2.46. The first kappa shape index (κ1) is 22.4. The van der Waals surface area contributed by atoms with Crippen molar-refractivity contribution >= 4 is 37.0 Å². The molecule has 27 heavy (non-hydrogen) atoms. The minimum Gasteiger partial charge on any atom is -0.369 e. The highest BCUT2D eigenvalue weighted by atomic mass is 35.5. The second-order valence-corrected chi connectivity index (χ2v) is 5.78. The van der Waals surface area contributed by atoms with E-state index in [1.165, 1.54) is 0 Å². The summed E-state index contributed by atoms with van der Waals surface area (Å²) in [5, 5.41) is 6.70. The molecule has 3 rings (SSSR count). The smallest absolute Gasteiger partial charge is 0.233 e. The number of nitrogens with zero attached hydrogens (tertiary/aromatic N) is 1. The van der Waals surface area contributed by atoms with Crippen LogP contribution in [0.4, 0.5) is 0 Å². The summed E-state index contributed by atoms with van der Waals surface area (Å²) >= 11 is 0. The molecule has 5 N–H and O–H groups in total. The number of nitrogens with one attached hydrogen (secondary N) is 1. The molecule has 1 amide bonds. The maximum Gasteiger partial charge on any atom is 0.233 e. The molecule has 1 heterocycles. The van der Waals surface area contributed by atoms with E-state index in [2.05, 4.69) is 10.2 Å². The van der Waals surface area contributed by atoms with Crippen molar-refractivity contribution in [2.75, 3.05) is 6.54 Å². The fraction of sp³-hybridized carbons (Fsp3) is 0.105. The molecule has 0 saturated heterocycles. The van der Waals surface area contributed by atoms with E-state index < -0.39 is 11.3 Å². The van der Waals surface area contributed by atoms with Crippen molar-refractivity contribution < 1.29 is 9.59 Å². The van der Waals surface area contributed by atoms with Crippen molar-refractivity contribution in [3.8, 4) is 11.1 Å². The summed E-state index contributed by atoms with van der Waals surface area (Å²) in [4.78, 5) is 23.2. The largest absolute Gasteiger partial charge is 0.369 e. The van der Waals surface area contributed by atoms with Crippen LogP contribution in [0.2, 0.25) is 0 Å². The lowest BCUT2D eigenvalue weighted by molar-refractivity contribution is -0.121. The maximum absolute atomic E-state index is 12.4. The van der Waals surface area contributed by atoms with Crippen LogP contribution in [0, 0.1) is 0 Å². The molecule has 0 spiro atoms. The lowest BCUT2D eigenvalue weighted by Crippen LogP contribution is -2.48. The molecule has 6 nitrogen and oxygen atoms in total. The molecular weight excluding hydrogens is 387 g/mol. The van der Waals surface area contributed by atoms with Crippen molar-refractivity contribution in [1.29, 1.82) is 0 Å². The zero-order valence-electron chi connectivity index (χ0n) is 14.3. The summed E-state index contributed by atoms with van der Waals surface area (Å²) < 4.78 is 0. The van der Waals surface area contributed by atoms with E-state index in [1.54, 1.807) is 36.7 Å². The molecule has 1 unspecified atom stereocenters. The highest BCUT2D eigenvalue weighted by Gasteiger charge is 2.39. The van der Waals surface area contributed by atoms with Gasteiger partial charge in [0.1, 0.15) is 11.7 Å². The molecule has 142 valence electrons. The number of carbonyl (C=O) groups excluding carboxylic acids is 2. The van der Waals surface area contributed by atoms with E-state index >= 15 is 0 Å². The van der Waals surface area contributed by atoms with Crippen LogP contribution < -0.4 is 11.5 Å². The standard InChI is InChI=1S/C19H18N4O2.2ClH/c20-12-19(18(21)25,16-5-1-13(11-24)2-6-16)17-7-3-14(4-8-17)15-9-22-23-10-15;;/h1-11H,12,20H2,(H2,21,25)(H,22,23);2*1H. The van der Waals surface area contributed by atoms with Crippen LogP contribution in [0.25, 0.3) is 11.1 Å². The quantitative estimate of drug-likeness (QED) is 0.545. The number of hydrogen-bond donors (Lipinski definition) is 3. The van der Waals surface area contributed by atoms with Gasteiger partial charge in [-0.3, -0.25) is 14.7 Å². The number of carbonyl (C=O) groups is 2. The van der Waals surface area contributed by atoms with Gasteiger partial charge < -0.3 is 11.5 Å². The highest BCUT2D eigenvalue weighted by Crippen LogP contribution is 2.33. The van der Waals surface area contributed by atoms with Crippen molar-refractivity contribution in [1.82, 2.24) is 10.2 Å². The Labute approximate surface area is 169 Å². The molecule has 1 aromatic heterocycles. The number of hydrogen-bond acceptors (Lipinski definition) is 4. The van der Waals surface area contributed by atoms with Gasteiger partial charge in [0.15, 0.2) is 0 Å². The molecule has 8 heteroatoms. The Morgan fingerprint density at radius 2 is 1.56 bits per heavy atom. The SMILES string of the molecule is Cl.Cl.NCC(C(N)=O)(c1ccc(C=O)cc1)c1ccc(-c2cn[nH]c2)cc1. The number of H-pyrrole nitrogens is 1. The minimum absolute atomic E-state index is 0. The van der Waals surface area contributed by atoms with E-state index in [-0.39, 0.29) is 31.4 Å². The lowest BCUT2D eigenvalue weighted by Gasteiger charge is -2.30. The third-order valence-corrected chi connectivity index (χ3v) is 4.48. The summed E-state index contributed by atoms with van der Waals surface area (Å²) in [6.07, 6.45) is 4.26. The number of aromatic amines is 1. The van der Waals surface area contributed by atoms with Crippen molar-refractivity contribution in [2.45, 2.75) is 5.41 Å². The fourth-order valence-electron chi connectivity index (χ4n) is 2.99. The number of primary amides is 1. The third-order valence-electron chi connectivity index (χ3n) is 4.48. The second kappa shape index (κ2) is 9.32. The van der Waals surface area contributed by atoms with Gasteiger partial charge in [-0.15, -0.1) is 24.8 Å². The Bertz CT molecular complexity index is 881. The molecule has 0 radical (unpaired) electrons. The first-order valence-electron chi connectivity index (χ1n) is 7.77. The zero-order chi connectivity index (χ0) is 17.9. The molecule has 0 aliphatic heterocycles. The average Bonchev–Trinajstić information content (AvgIpc) is 3.18. The Kier molecular flexibility index (Phi) is 7.72. The molecule has 0 aliphatic rings. The molecule has 0 fully saturated rings. The van der Waals surface area contributed by atoms with Gasteiger partial charge in [-0.05, 0) is 16.7 Å². The van der Waals surface area contributed by atoms with Crippen LogP contribution in [0.15, 0.2) is 60.9 Å². The van der Waals surface area contributed by atoms with E-state index in [1.807, 2.05) is 24.3 Å². The van der Waals surface area contributed by atoms with Gasteiger partial charge in [0.05, 0.1) is 6.20 Å². The topological polar surface area (TPSA) is 115 Å². The summed E-state index contributed by atoms with van der Waals surface area (Å²) in [5.74, 6) is -0.537. The lowest BCUT2D eigenvalue weighted by atomic mass is 9.73. The zero-order valence-corrected chi connectivity index (χ0v) is 15.9. The highest BCUT2D eigenvalue weighted by molar-refractivity contribution is 5.91. The number of benzene rings is 2. The Morgan fingerprint density at radius 1 is 1.00 bits per heavy atom. The number of aldehydes is 1. The van der Waals surface area contributed by atoms with Gasteiger partial charge in [-0.25, -0.2) is 0 Å². The second-order valence-electron chi connectivity index (χ2n) is 5.78. The van der Waals surface area contributed by atoms with Crippen LogP contribution in [-0.2, 0) is 10.2 Å². The molecule has 2 aromatic carbocycles. The number of amides is 1. The third kappa shape index (κ3) is 4.03. The molecule has 0 aliphatic carbocycles. The van der Waals surface area contributed by atoms with Crippen LogP contribution in [0.1, 0.15) is 21.5 Å².